The second kappa shape index (κ2) is 11.4. The van der Waals surface area contributed by atoms with Crippen molar-refractivity contribution in [2.45, 2.75) is 23.9 Å². The third-order valence-corrected chi connectivity index (χ3v) is 7.76. The number of amides is 2. The van der Waals surface area contributed by atoms with Crippen molar-refractivity contribution in [2.75, 3.05) is 37.8 Å². The van der Waals surface area contributed by atoms with Gasteiger partial charge in [0, 0.05) is 49.9 Å². The molecule has 12 nitrogen and oxygen atoms in total. The minimum atomic E-state index is -1.24. The SMILES string of the molecule is CNCC1(NC=O)CN(c2nccc(-c3ccc4cnc(CNC(=O)c5cnc(C)c(S(C)=O)c5)cc4n3)n2)C1. The van der Waals surface area contributed by atoms with Gasteiger partial charge in [0.1, 0.15) is 0 Å². The number of hydrogen-bond donors (Lipinski definition) is 3. The maximum atomic E-state index is 12.7. The maximum Gasteiger partial charge on any atom is 0.253 e. The number of aryl methyl sites for hydroxylation is 1. The molecule has 1 fully saturated rings. The molecule has 5 rings (SSSR count). The number of likely N-dealkylation sites (N-methyl/N-ethyl adjacent to an activating group) is 1. The van der Waals surface area contributed by atoms with Crippen LogP contribution in [0.25, 0.3) is 22.3 Å². The van der Waals surface area contributed by atoms with Gasteiger partial charge < -0.3 is 20.9 Å². The fourth-order valence-corrected chi connectivity index (χ4v) is 5.45. The van der Waals surface area contributed by atoms with Crippen LogP contribution in [0.1, 0.15) is 21.7 Å². The first-order valence-corrected chi connectivity index (χ1v) is 14.1. The minimum Gasteiger partial charge on any atom is -0.348 e. The zero-order chi connectivity index (χ0) is 28.3. The third-order valence-electron chi connectivity index (χ3n) is 6.73. The number of rotatable bonds is 10. The molecular formula is C27H29N9O3S. The summed E-state index contributed by atoms with van der Waals surface area (Å²) in [7, 11) is 0.608. The minimum absolute atomic E-state index is 0.189. The highest BCUT2D eigenvalue weighted by Crippen LogP contribution is 2.27. The number of nitrogens with one attached hydrogen (secondary N) is 3. The maximum absolute atomic E-state index is 12.7. The molecule has 5 heterocycles. The van der Waals surface area contributed by atoms with Gasteiger partial charge >= 0.3 is 0 Å². The summed E-state index contributed by atoms with van der Waals surface area (Å²) in [5, 5.41) is 9.72. The molecule has 1 aliphatic heterocycles. The average Bonchev–Trinajstić information content (AvgIpc) is 2.94. The normalized spacial score (nSPS) is 14.8. The van der Waals surface area contributed by atoms with Crippen molar-refractivity contribution >= 4 is 40.0 Å². The summed E-state index contributed by atoms with van der Waals surface area (Å²) in [6.45, 7) is 3.79. The van der Waals surface area contributed by atoms with E-state index < -0.39 is 10.8 Å². The molecule has 0 spiro atoms. The zero-order valence-electron chi connectivity index (χ0n) is 22.3. The molecule has 4 aromatic heterocycles. The molecule has 0 aliphatic carbocycles. The van der Waals surface area contributed by atoms with Gasteiger partial charge in [-0.05, 0) is 44.3 Å². The predicted octanol–water partition coefficient (Wildman–Crippen LogP) is 0.982. The van der Waals surface area contributed by atoms with E-state index in [-0.39, 0.29) is 18.0 Å². The molecule has 3 N–H and O–H groups in total. The second-order valence-electron chi connectivity index (χ2n) is 9.68. The van der Waals surface area contributed by atoms with Crippen LogP contribution >= 0.6 is 0 Å². The van der Waals surface area contributed by atoms with Gasteiger partial charge in [0.15, 0.2) is 0 Å². The van der Waals surface area contributed by atoms with Crippen LogP contribution in [0.4, 0.5) is 5.95 Å². The summed E-state index contributed by atoms with van der Waals surface area (Å²) in [4.78, 5) is 48.8. The summed E-state index contributed by atoms with van der Waals surface area (Å²) in [5.41, 5.74) is 3.32. The van der Waals surface area contributed by atoms with E-state index in [0.29, 0.717) is 64.3 Å². The van der Waals surface area contributed by atoms with E-state index in [0.717, 1.165) is 11.8 Å². The van der Waals surface area contributed by atoms with Gasteiger partial charge in [0.2, 0.25) is 12.4 Å². The van der Waals surface area contributed by atoms with Crippen molar-refractivity contribution in [3.8, 4) is 11.4 Å². The Morgan fingerprint density at radius 1 is 1.10 bits per heavy atom. The molecule has 13 heteroatoms. The number of nitrogens with zero attached hydrogens (tertiary/aromatic N) is 6. The van der Waals surface area contributed by atoms with Gasteiger partial charge in [-0.1, -0.05) is 0 Å². The smallest absolute Gasteiger partial charge is 0.253 e. The molecule has 2 amide bonds. The quantitative estimate of drug-likeness (QED) is 0.240. The Morgan fingerprint density at radius 2 is 1.90 bits per heavy atom. The standard InChI is InChI=1S/C27H29N9O3S/c1-17-24(40(3)39)8-19(11-30-17)25(38)32-12-20-9-23-18(10-31-20)4-5-21(34-23)22-6-7-29-26(35-22)36-14-27(15-36,13-28-2)33-16-37/h4-11,16,28H,12-15H2,1-3H3,(H,32,38)(H,33,37). The molecule has 1 unspecified atom stereocenters. The first-order chi connectivity index (χ1) is 19.3. The Labute approximate surface area is 233 Å². The van der Waals surface area contributed by atoms with E-state index in [1.54, 1.807) is 37.7 Å². The van der Waals surface area contributed by atoms with Crippen LogP contribution in [0.2, 0.25) is 0 Å². The van der Waals surface area contributed by atoms with Gasteiger partial charge in [-0.25, -0.2) is 15.0 Å². The molecule has 1 saturated heterocycles. The number of pyridine rings is 3. The average molecular weight is 560 g/mol. The van der Waals surface area contributed by atoms with Crippen LogP contribution in [-0.2, 0) is 22.1 Å². The van der Waals surface area contributed by atoms with Gasteiger partial charge in [-0.3, -0.25) is 23.8 Å². The molecule has 0 aromatic carbocycles. The van der Waals surface area contributed by atoms with Gasteiger partial charge in [-0.15, -0.1) is 0 Å². The van der Waals surface area contributed by atoms with E-state index in [1.165, 1.54) is 6.20 Å². The van der Waals surface area contributed by atoms with Crippen molar-refractivity contribution in [2.24, 2.45) is 0 Å². The van der Waals surface area contributed by atoms with Crippen molar-refractivity contribution in [1.29, 1.82) is 0 Å². The Kier molecular flexibility index (Phi) is 7.76. The number of carbonyl (C=O) groups is 2. The van der Waals surface area contributed by atoms with Crippen LogP contribution in [0.15, 0.2) is 53.8 Å². The summed E-state index contributed by atoms with van der Waals surface area (Å²) >= 11 is 0. The first kappa shape index (κ1) is 27.2. The zero-order valence-corrected chi connectivity index (χ0v) is 23.2. The highest BCUT2D eigenvalue weighted by atomic mass is 32.2. The molecule has 206 valence electrons. The number of anilines is 1. The third kappa shape index (κ3) is 5.65. The summed E-state index contributed by atoms with van der Waals surface area (Å²) in [6.07, 6.45) is 7.17. The number of aromatic nitrogens is 5. The summed E-state index contributed by atoms with van der Waals surface area (Å²) in [6, 6.07) is 9.04. The van der Waals surface area contributed by atoms with E-state index in [9.17, 15) is 13.8 Å². The lowest BCUT2D eigenvalue weighted by Crippen LogP contribution is -2.73. The molecular weight excluding hydrogens is 530 g/mol. The van der Waals surface area contributed by atoms with Crippen molar-refractivity contribution < 1.29 is 13.8 Å². The van der Waals surface area contributed by atoms with E-state index in [4.69, 9.17) is 9.97 Å². The Bertz CT molecular complexity index is 1610. The van der Waals surface area contributed by atoms with Crippen LogP contribution < -0.4 is 20.9 Å². The van der Waals surface area contributed by atoms with Crippen LogP contribution in [0, 0.1) is 6.92 Å². The summed E-state index contributed by atoms with van der Waals surface area (Å²) in [5.74, 6) is 0.238. The topological polar surface area (TPSA) is 155 Å². The lowest BCUT2D eigenvalue weighted by atomic mass is 9.90. The molecule has 0 bridgehead atoms. The van der Waals surface area contributed by atoms with Crippen molar-refractivity contribution in [3.63, 3.8) is 0 Å². The van der Waals surface area contributed by atoms with Gasteiger partial charge in [0.25, 0.3) is 5.91 Å². The van der Waals surface area contributed by atoms with Crippen LogP contribution in [-0.4, -0.2) is 79.9 Å². The molecule has 0 radical (unpaired) electrons. The fourth-order valence-electron chi connectivity index (χ4n) is 4.69. The lowest BCUT2D eigenvalue weighted by molar-refractivity contribution is -0.111. The molecule has 0 saturated carbocycles. The van der Waals surface area contributed by atoms with Gasteiger partial charge in [0.05, 0.1) is 61.6 Å². The van der Waals surface area contributed by atoms with E-state index in [2.05, 4.69) is 30.9 Å². The molecule has 1 aliphatic rings. The number of fused-ring (bicyclic) bond motifs is 1. The monoisotopic (exact) mass is 559 g/mol. The van der Waals surface area contributed by atoms with Crippen LogP contribution in [0.5, 0.6) is 0 Å². The van der Waals surface area contributed by atoms with Crippen molar-refractivity contribution in [3.05, 3.63) is 65.9 Å². The molecule has 40 heavy (non-hydrogen) atoms. The highest BCUT2D eigenvalue weighted by molar-refractivity contribution is 7.84. The Balaban J connectivity index is 1.31. The Morgan fingerprint density at radius 3 is 2.65 bits per heavy atom. The van der Waals surface area contributed by atoms with Crippen molar-refractivity contribution in [1.82, 2.24) is 40.9 Å². The fraction of sp³-hybridized carbons (Fsp3) is 0.296. The first-order valence-electron chi connectivity index (χ1n) is 12.6. The summed E-state index contributed by atoms with van der Waals surface area (Å²) < 4.78 is 11.9. The molecule has 1 atom stereocenters. The molecule has 4 aromatic rings. The number of hydrogen-bond acceptors (Lipinski definition) is 10. The largest absolute Gasteiger partial charge is 0.348 e. The lowest BCUT2D eigenvalue weighted by Gasteiger charge is -2.49. The van der Waals surface area contributed by atoms with E-state index in [1.807, 2.05) is 30.1 Å². The van der Waals surface area contributed by atoms with Gasteiger partial charge in [-0.2, -0.15) is 0 Å². The van der Waals surface area contributed by atoms with Crippen LogP contribution in [0.3, 0.4) is 0 Å². The highest BCUT2D eigenvalue weighted by Gasteiger charge is 2.43. The van der Waals surface area contributed by atoms with E-state index >= 15 is 0 Å². The Hall–Kier alpha value is -4.36. The second-order valence-corrected chi connectivity index (χ2v) is 11.0. The predicted molar refractivity (Wildman–Crippen MR) is 151 cm³/mol. The number of carbonyl (C=O) groups excluding carboxylic acids is 2.